The molecule has 1 saturated heterocycles. The Hall–Kier alpha value is -1.06. The molecule has 0 saturated carbocycles. The molecule has 1 amide bonds. The molecule has 152 valence electrons. The van der Waals surface area contributed by atoms with Crippen LogP contribution in [0.5, 0.6) is 0 Å². The van der Waals surface area contributed by atoms with Crippen LogP contribution >= 0.6 is 35.6 Å². The van der Waals surface area contributed by atoms with E-state index in [9.17, 15) is 4.79 Å². The fraction of sp³-hybridized carbons (Fsp3) is 0.579. The minimum Gasteiger partial charge on any atom is -0.359 e. The van der Waals surface area contributed by atoms with Crippen LogP contribution in [0.25, 0.3) is 0 Å². The summed E-state index contributed by atoms with van der Waals surface area (Å²) in [5.74, 6) is 0.871. The number of nitrogens with one attached hydrogen (secondary N) is 2. The maximum atomic E-state index is 11.9. The van der Waals surface area contributed by atoms with E-state index < -0.39 is 5.41 Å². The Kier molecular flexibility index (Phi) is 9.83. The number of piperazine rings is 1. The van der Waals surface area contributed by atoms with E-state index in [2.05, 4.69) is 31.5 Å². The van der Waals surface area contributed by atoms with E-state index in [0.29, 0.717) is 6.54 Å². The molecule has 1 aromatic carbocycles. The molecule has 1 aliphatic heterocycles. The van der Waals surface area contributed by atoms with Crippen LogP contribution in [0.15, 0.2) is 29.3 Å². The second-order valence-corrected chi connectivity index (χ2v) is 7.69. The Morgan fingerprint density at radius 1 is 1.26 bits per heavy atom. The molecule has 0 bridgehead atoms. The van der Waals surface area contributed by atoms with Crippen molar-refractivity contribution < 1.29 is 4.79 Å². The number of halogens is 2. The van der Waals surface area contributed by atoms with Crippen molar-refractivity contribution in [3.05, 3.63) is 34.9 Å². The molecule has 1 fully saturated rings. The summed E-state index contributed by atoms with van der Waals surface area (Å²) in [4.78, 5) is 21.0. The van der Waals surface area contributed by atoms with Crippen LogP contribution in [0.4, 0.5) is 0 Å². The number of benzene rings is 1. The first-order valence-electron chi connectivity index (χ1n) is 9.00. The summed E-state index contributed by atoms with van der Waals surface area (Å²) in [6.07, 6.45) is 0. The van der Waals surface area contributed by atoms with E-state index in [1.807, 2.05) is 32.0 Å². The molecule has 1 aliphatic rings. The fourth-order valence-electron chi connectivity index (χ4n) is 3.06. The van der Waals surface area contributed by atoms with E-state index in [-0.39, 0.29) is 29.9 Å². The predicted molar refractivity (Wildman–Crippen MR) is 123 cm³/mol. The Bertz CT molecular complexity index is 645. The summed E-state index contributed by atoms with van der Waals surface area (Å²) in [7, 11) is 3.45. The number of carbonyl (C=O) groups is 1. The third-order valence-corrected chi connectivity index (χ3v) is 4.94. The zero-order chi connectivity index (χ0) is 19.2. The largest absolute Gasteiger partial charge is 0.359 e. The first-order valence-corrected chi connectivity index (χ1v) is 9.38. The summed E-state index contributed by atoms with van der Waals surface area (Å²) in [6.45, 7) is 9.04. The van der Waals surface area contributed by atoms with Gasteiger partial charge in [0, 0.05) is 58.4 Å². The number of hydrogen-bond donors (Lipinski definition) is 2. The molecular formula is C19H31ClIN5O. The lowest BCUT2D eigenvalue weighted by atomic mass is 9.92. The summed E-state index contributed by atoms with van der Waals surface area (Å²) < 4.78 is 0. The third kappa shape index (κ3) is 7.12. The third-order valence-electron chi connectivity index (χ3n) is 4.71. The first-order chi connectivity index (χ1) is 12.4. The summed E-state index contributed by atoms with van der Waals surface area (Å²) in [6, 6.07) is 8.03. The van der Waals surface area contributed by atoms with Gasteiger partial charge in [0.05, 0.1) is 5.41 Å². The molecule has 0 radical (unpaired) electrons. The van der Waals surface area contributed by atoms with Crippen LogP contribution in [-0.4, -0.2) is 68.5 Å². The van der Waals surface area contributed by atoms with Gasteiger partial charge in [0.1, 0.15) is 0 Å². The van der Waals surface area contributed by atoms with Gasteiger partial charge in [-0.3, -0.25) is 14.7 Å². The lowest BCUT2D eigenvalue weighted by molar-refractivity contribution is -0.128. The molecule has 0 aliphatic carbocycles. The zero-order valence-electron chi connectivity index (χ0n) is 16.6. The van der Waals surface area contributed by atoms with E-state index in [0.717, 1.165) is 43.7 Å². The van der Waals surface area contributed by atoms with Gasteiger partial charge in [0.25, 0.3) is 0 Å². The van der Waals surface area contributed by atoms with Gasteiger partial charge in [-0.05, 0) is 31.5 Å². The normalized spacial score (nSPS) is 15.9. The van der Waals surface area contributed by atoms with Gasteiger partial charge in [0.15, 0.2) is 5.96 Å². The summed E-state index contributed by atoms with van der Waals surface area (Å²) >= 11 is 6.07. The van der Waals surface area contributed by atoms with Crippen LogP contribution in [0.1, 0.15) is 19.4 Å². The minimum absolute atomic E-state index is 0. The van der Waals surface area contributed by atoms with Gasteiger partial charge < -0.3 is 15.5 Å². The number of hydrogen-bond acceptors (Lipinski definition) is 3. The van der Waals surface area contributed by atoms with Gasteiger partial charge in [0.2, 0.25) is 5.91 Å². The van der Waals surface area contributed by atoms with Crippen LogP contribution < -0.4 is 10.6 Å². The van der Waals surface area contributed by atoms with Crippen LogP contribution in [0.3, 0.4) is 0 Å². The lowest BCUT2D eigenvalue weighted by Gasteiger charge is -2.37. The van der Waals surface area contributed by atoms with Crippen molar-refractivity contribution in [2.24, 2.45) is 10.4 Å². The lowest BCUT2D eigenvalue weighted by Crippen LogP contribution is -2.54. The number of nitrogens with zero attached hydrogens (tertiary/aromatic N) is 3. The highest BCUT2D eigenvalue weighted by atomic mass is 127. The number of guanidine groups is 1. The molecule has 2 rings (SSSR count). The average molecular weight is 508 g/mol. The quantitative estimate of drug-likeness (QED) is 0.365. The Morgan fingerprint density at radius 3 is 2.48 bits per heavy atom. The molecule has 8 heteroatoms. The van der Waals surface area contributed by atoms with E-state index in [1.165, 1.54) is 5.56 Å². The van der Waals surface area contributed by atoms with Crippen molar-refractivity contribution in [2.75, 3.05) is 46.8 Å². The first kappa shape index (κ1) is 24.0. The Labute approximate surface area is 184 Å². The van der Waals surface area contributed by atoms with Crippen molar-refractivity contribution in [2.45, 2.75) is 20.4 Å². The second-order valence-electron chi connectivity index (χ2n) is 7.26. The topological polar surface area (TPSA) is 60.0 Å². The molecule has 6 nitrogen and oxygen atoms in total. The van der Waals surface area contributed by atoms with E-state index >= 15 is 0 Å². The highest BCUT2D eigenvalue weighted by Crippen LogP contribution is 2.15. The van der Waals surface area contributed by atoms with Gasteiger partial charge in [-0.25, -0.2) is 0 Å². The molecule has 0 spiro atoms. The molecule has 0 atom stereocenters. The van der Waals surface area contributed by atoms with Crippen molar-refractivity contribution in [1.82, 2.24) is 20.4 Å². The molecule has 1 aromatic rings. The smallest absolute Gasteiger partial charge is 0.227 e. The average Bonchev–Trinajstić information content (AvgIpc) is 2.62. The molecular weight excluding hydrogens is 477 g/mol. The highest BCUT2D eigenvalue weighted by molar-refractivity contribution is 14.0. The molecule has 1 heterocycles. The van der Waals surface area contributed by atoms with Gasteiger partial charge in [-0.2, -0.15) is 0 Å². The van der Waals surface area contributed by atoms with Crippen LogP contribution in [0.2, 0.25) is 5.02 Å². The van der Waals surface area contributed by atoms with Gasteiger partial charge >= 0.3 is 0 Å². The van der Waals surface area contributed by atoms with E-state index in [4.69, 9.17) is 11.6 Å². The molecule has 2 N–H and O–H groups in total. The second kappa shape index (κ2) is 11.1. The van der Waals surface area contributed by atoms with Crippen LogP contribution in [0, 0.1) is 5.41 Å². The number of amides is 1. The fourth-order valence-corrected chi connectivity index (χ4v) is 3.28. The van der Waals surface area contributed by atoms with Gasteiger partial charge in [-0.1, -0.05) is 23.7 Å². The number of aliphatic imine (C=N–C) groups is 1. The Morgan fingerprint density at radius 2 is 1.93 bits per heavy atom. The summed E-state index contributed by atoms with van der Waals surface area (Å²) in [5.41, 5.74) is 0.750. The maximum Gasteiger partial charge on any atom is 0.227 e. The highest BCUT2D eigenvalue weighted by Gasteiger charge is 2.28. The molecule has 0 aromatic heterocycles. The monoisotopic (exact) mass is 507 g/mol. The standard InChI is InChI=1S/C19H30ClN5O.HI/c1-19(2,17(26)21-3)14-23-18(22-4)25-10-8-24(9-11-25)13-15-6-5-7-16(20)12-15;/h5-7,12H,8-11,13-14H2,1-4H3,(H,21,26)(H,22,23);1H. The maximum absolute atomic E-state index is 11.9. The van der Waals surface area contributed by atoms with Crippen molar-refractivity contribution in [1.29, 1.82) is 0 Å². The van der Waals surface area contributed by atoms with Crippen molar-refractivity contribution in [3.63, 3.8) is 0 Å². The van der Waals surface area contributed by atoms with Crippen LogP contribution in [-0.2, 0) is 11.3 Å². The van der Waals surface area contributed by atoms with Crippen molar-refractivity contribution in [3.8, 4) is 0 Å². The molecule has 0 unspecified atom stereocenters. The predicted octanol–water partition coefficient (Wildman–Crippen LogP) is 2.42. The van der Waals surface area contributed by atoms with Crippen molar-refractivity contribution >= 4 is 47.4 Å². The summed E-state index contributed by atoms with van der Waals surface area (Å²) in [5, 5.41) is 6.84. The van der Waals surface area contributed by atoms with E-state index in [1.54, 1.807) is 14.1 Å². The molecule has 27 heavy (non-hydrogen) atoms. The van der Waals surface area contributed by atoms with Gasteiger partial charge in [-0.15, -0.1) is 24.0 Å². The Balaban J connectivity index is 0.00000364. The zero-order valence-corrected chi connectivity index (χ0v) is 19.7. The SMILES string of the molecule is CN=C(NCC(C)(C)C(=O)NC)N1CCN(Cc2cccc(Cl)c2)CC1.I. The number of carbonyl (C=O) groups excluding carboxylic acids is 1. The minimum atomic E-state index is -0.487. The number of rotatable bonds is 5.